The fourth-order valence-corrected chi connectivity index (χ4v) is 2.06. The summed E-state index contributed by atoms with van der Waals surface area (Å²) in [7, 11) is 1.59. The summed E-state index contributed by atoms with van der Waals surface area (Å²) in [5, 5.41) is 6.83. The van der Waals surface area contributed by atoms with Gasteiger partial charge in [-0.2, -0.15) is 4.98 Å². The minimum absolute atomic E-state index is 0.00797. The van der Waals surface area contributed by atoms with Gasteiger partial charge in [-0.25, -0.2) is 0 Å². The first-order chi connectivity index (χ1) is 10.7. The summed E-state index contributed by atoms with van der Waals surface area (Å²) < 4.78 is 10.5. The maximum atomic E-state index is 11.7. The molecule has 6 nitrogen and oxygen atoms in total. The highest BCUT2D eigenvalue weighted by Crippen LogP contribution is 2.27. The molecular formula is C16H21N3O3. The summed E-state index contributed by atoms with van der Waals surface area (Å²) in [5.41, 5.74) is 0.754. The minimum Gasteiger partial charge on any atom is -0.496 e. The summed E-state index contributed by atoms with van der Waals surface area (Å²) in [6.45, 7) is 3.87. The Morgan fingerprint density at radius 1 is 1.41 bits per heavy atom. The summed E-state index contributed by atoms with van der Waals surface area (Å²) in [6, 6.07) is 7.13. The van der Waals surface area contributed by atoms with Gasteiger partial charge in [0.25, 0.3) is 0 Å². The first-order valence-electron chi connectivity index (χ1n) is 7.42. The number of hydrogen-bond donors (Lipinski definition) is 1. The van der Waals surface area contributed by atoms with Gasteiger partial charge in [0.05, 0.1) is 12.7 Å². The molecule has 0 radical (unpaired) electrons. The zero-order valence-electron chi connectivity index (χ0n) is 13.1. The molecular weight excluding hydrogens is 282 g/mol. The van der Waals surface area contributed by atoms with Crippen LogP contribution < -0.4 is 10.1 Å². The van der Waals surface area contributed by atoms with E-state index >= 15 is 0 Å². The van der Waals surface area contributed by atoms with Crippen LogP contribution in [0.25, 0.3) is 11.4 Å². The Kier molecular flexibility index (Phi) is 5.52. The molecule has 118 valence electrons. The van der Waals surface area contributed by atoms with E-state index in [2.05, 4.69) is 15.5 Å². The number of amides is 1. The lowest BCUT2D eigenvalue weighted by molar-refractivity contribution is -0.122. The Morgan fingerprint density at radius 3 is 2.91 bits per heavy atom. The molecule has 1 atom stereocenters. The lowest BCUT2D eigenvalue weighted by atomic mass is 10.2. The van der Waals surface area contributed by atoms with Gasteiger partial charge in [0.1, 0.15) is 11.8 Å². The predicted octanol–water partition coefficient (Wildman–Crippen LogP) is 3.11. The van der Waals surface area contributed by atoms with Crippen molar-refractivity contribution in [2.45, 2.75) is 39.2 Å². The van der Waals surface area contributed by atoms with Gasteiger partial charge < -0.3 is 14.6 Å². The van der Waals surface area contributed by atoms with Crippen LogP contribution in [0.2, 0.25) is 0 Å². The molecule has 2 aromatic rings. The van der Waals surface area contributed by atoms with E-state index in [9.17, 15) is 4.79 Å². The van der Waals surface area contributed by atoms with E-state index in [0.29, 0.717) is 23.9 Å². The molecule has 1 unspecified atom stereocenters. The molecule has 1 aromatic carbocycles. The molecule has 0 saturated heterocycles. The second-order valence-electron chi connectivity index (χ2n) is 5.05. The topological polar surface area (TPSA) is 77.2 Å². The number of nitrogens with one attached hydrogen (secondary N) is 1. The molecule has 6 heteroatoms. The third-order valence-corrected chi connectivity index (χ3v) is 3.29. The summed E-state index contributed by atoms with van der Waals surface area (Å²) in [6.07, 6.45) is 2.36. The molecule has 22 heavy (non-hydrogen) atoms. The second kappa shape index (κ2) is 7.59. The molecule has 0 spiro atoms. The average molecular weight is 303 g/mol. The van der Waals surface area contributed by atoms with E-state index in [1.54, 1.807) is 7.11 Å². The van der Waals surface area contributed by atoms with E-state index < -0.39 is 0 Å². The van der Waals surface area contributed by atoms with Crippen LogP contribution in [0.4, 0.5) is 0 Å². The van der Waals surface area contributed by atoms with Crippen molar-refractivity contribution in [3.05, 3.63) is 30.2 Å². The lowest BCUT2D eigenvalue weighted by Gasteiger charge is -2.09. The van der Waals surface area contributed by atoms with Crippen molar-refractivity contribution in [3.8, 4) is 17.1 Å². The van der Waals surface area contributed by atoms with Crippen LogP contribution in [0, 0.1) is 0 Å². The molecule has 1 aromatic heterocycles. The molecule has 1 heterocycles. The van der Waals surface area contributed by atoms with Crippen molar-refractivity contribution in [1.29, 1.82) is 0 Å². The highest BCUT2D eigenvalue weighted by Gasteiger charge is 2.18. The van der Waals surface area contributed by atoms with E-state index in [1.807, 2.05) is 38.1 Å². The van der Waals surface area contributed by atoms with Crippen LogP contribution in [0.15, 0.2) is 28.8 Å². The molecule has 0 fully saturated rings. The summed E-state index contributed by atoms with van der Waals surface area (Å²) in [4.78, 5) is 16.1. The normalized spacial score (nSPS) is 12.0. The Morgan fingerprint density at radius 2 is 2.18 bits per heavy atom. The Balaban J connectivity index is 2.09. The van der Waals surface area contributed by atoms with Crippen molar-refractivity contribution < 1.29 is 14.1 Å². The van der Waals surface area contributed by atoms with Crippen LogP contribution in [-0.4, -0.2) is 23.2 Å². The SMILES string of the molecule is CCCCC(=O)NC(C)c1nc(-c2ccccc2OC)no1. The summed E-state index contributed by atoms with van der Waals surface area (Å²) >= 11 is 0. The van der Waals surface area contributed by atoms with E-state index in [0.717, 1.165) is 18.4 Å². The maximum Gasteiger partial charge on any atom is 0.249 e. The van der Waals surface area contributed by atoms with Gasteiger partial charge in [-0.05, 0) is 25.5 Å². The number of benzene rings is 1. The van der Waals surface area contributed by atoms with E-state index in [4.69, 9.17) is 9.26 Å². The number of unbranched alkanes of at least 4 members (excludes halogenated alkanes) is 1. The largest absolute Gasteiger partial charge is 0.496 e. The van der Waals surface area contributed by atoms with Gasteiger partial charge in [-0.3, -0.25) is 4.79 Å². The molecule has 2 rings (SSSR count). The van der Waals surface area contributed by atoms with E-state index in [-0.39, 0.29) is 11.9 Å². The first-order valence-corrected chi connectivity index (χ1v) is 7.42. The quantitative estimate of drug-likeness (QED) is 0.850. The smallest absolute Gasteiger partial charge is 0.249 e. The number of rotatable bonds is 7. The third-order valence-electron chi connectivity index (χ3n) is 3.29. The fourth-order valence-electron chi connectivity index (χ4n) is 2.06. The molecule has 0 bridgehead atoms. The Hall–Kier alpha value is -2.37. The van der Waals surface area contributed by atoms with Crippen molar-refractivity contribution in [3.63, 3.8) is 0 Å². The van der Waals surface area contributed by atoms with Crippen molar-refractivity contribution in [2.75, 3.05) is 7.11 Å². The maximum absolute atomic E-state index is 11.7. The highest BCUT2D eigenvalue weighted by molar-refractivity contribution is 5.76. The van der Waals surface area contributed by atoms with Crippen molar-refractivity contribution in [1.82, 2.24) is 15.5 Å². The van der Waals surface area contributed by atoms with Crippen molar-refractivity contribution in [2.24, 2.45) is 0 Å². The lowest BCUT2D eigenvalue weighted by Crippen LogP contribution is -2.26. The summed E-state index contributed by atoms with van der Waals surface area (Å²) in [5.74, 6) is 1.49. The molecule has 0 saturated carbocycles. The van der Waals surface area contributed by atoms with Gasteiger partial charge in [-0.1, -0.05) is 30.6 Å². The number of carbonyl (C=O) groups excluding carboxylic acids is 1. The van der Waals surface area contributed by atoms with Gasteiger partial charge in [0.15, 0.2) is 0 Å². The number of methoxy groups -OCH3 is 1. The molecule has 0 aliphatic carbocycles. The molecule has 0 aliphatic heterocycles. The molecule has 0 aliphatic rings. The fraction of sp³-hybridized carbons (Fsp3) is 0.438. The molecule has 1 N–H and O–H groups in total. The zero-order valence-corrected chi connectivity index (χ0v) is 13.1. The minimum atomic E-state index is -0.319. The number of ether oxygens (including phenoxy) is 1. The number of nitrogens with zero attached hydrogens (tertiary/aromatic N) is 2. The third kappa shape index (κ3) is 3.84. The van der Waals surface area contributed by atoms with Crippen LogP contribution in [0.5, 0.6) is 5.75 Å². The number of para-hydroxylation sites is 1. The molecule has 1 amide bonds. The van der Waals surface area contributed by atoms with Crippen LogP contribution in [-0.2, 0) is 4.79 Å². The zero-order chi connectivity index (χ0) is 15.9. The van der Waals surface area contributed by atoms with Gasteiger partial charge in [0, 0.05) is 6.42 Å². The highest BCUT2D eigenvalue weighted by atomic mass is 16.5. The van der Waals surface area contributed by atoms with Gasteiger partial charge >= 0.3 is 0 Å². The van der Waals surface area contributed by atoms with Crippen LogP contribution >= 0.6 is 0 Å². The Bertz CT molecular complexity index is 625. The number of aromatic nitrogens is 2. The van der Waals surface area contributed by atoms with Gasteiger partial charge in [0.2, 0.25) is 17.6 Å². The number of carbonyl (C=O) groups is 1. The van der Waals surface area contributed by atoms with Gasteiger partial charge in [-0.15, -0.1) is 0 Å². The number of hydrogen-bond acceptors (Lipinski definition) is 5. The second-order valence-corrected chi connectivity index (χ2v) is 5.05. The van der Waals surface area contributed by atoms with Crippen LogP contribution in [0.3, 0.4) is 0 Å². The Labute approximate surface area is 129 Å². The van der Waals surface area contributed by atoms with Crippen LogP contribution in [0.1, 0.15) is 45.0 Å². The first kappa shape index (κ1) is 16.0. The monoisotopic (exact) mass is 303 g/mol. The average Bonchev–Trinajstić information content (AvgIpc) is 3.02. The van der Waals surface area contributed by atoms with E-state index in [1.165, 1.54) is 0 Å². The predicted molar refractivity (Wildman–Crippen MR) is 82.4 cm³/mol. The standard InChI is InChI=1S/C16H21N3O3/c1-4-5-10-14(20)17-11(2)16-18-15(19-22-16)12-8-6-7-9-13(12)21-3/h6-9,11H,4-5,10H2,1-3H3,(H,17,20). The van der Waals surface area contributed by atoms with Crippen molar-refractivity contribution >= 4 is 5.91 Å².